The first-order chi connectivity index (χ1) is 9.09. The molecule has 0 aliphatic carbocycles. The number of carbonyl (C=O) groups is 1. The van der Waals surface area contributed by atoms with Gasteiger partial charge in [-0.05, 0) is 19.1 Å². The minimum absolute atomic E-state index is 0.227. The maximum Gasteiger partial charge on any atom is 0.313 e. The molecule has 2 unspecified atom stereocenters. The van der Waals surface area contributed by atoms with E-state index in [-0.39, 0.29) is 12.6 Å². The molecule has 6 heteroatoms. The predicted molar refractivity (Wildman–Crippen MR) is 73.6 cm³/mol. The molecule has 1 aliphatic heterocycles. The first-order valence-corrected chi connectivity index (χ1v) is 6.84. The van der Waals surface area contributed by atoms with Crippen molar-refractivity contribution < 1.29 is 14.6 Å². The summed E-state index contributed by atoms with van der Waals surface area (Å²) in [5.74, 6) is -0.844. The number of nitrogens with zero attached hydrogens (tertiary/aromatic N) is 1. The monoisotopic (exact) mass is 278 g/mol. The lowest BCUT2D eigenvalue weighted by Crippen LogP contribution is -2.43. The van der Waals surface area contributed by atoms with Crippen LogP contribution in [0.3, 0.4) is 0 Å². The van der Waals surface area contributed by atoms with E-state index in [1.54, 1.807) is 6.92 Å². The van der Waals surface area contributed by atoms with Crippen LogP contribution in [0.15, 0.2) is 24.3 Å². The molecule has 0 amide bonds. The zero-order chi connectivity index (χ0) is 13.5. The Morgan fingerprint density at radius 2 is 2.37 bits per heavy atom. The Kier molecular flexibility index (Phi) is 2.91. The zero-order valence-electron chi connectivity index (χ0n) is 10.4. The largest absolute Gasteiger partial charge is 0.481 e. The summed E-state index contributed by atoms with van der Waals surface area (Å²) in [6, 6.07) is 7.58. The van der Waals surface area contributed by atoms with Crippen LogP contribution in [0.5, 0.6) is 0 Å². The minimum Gasteiger partial charge on any atom is -0.481 e. The molecule has 0 spiro atoms. The second-order valence-corrected chi connectivity index (χ2v) is 5.95. The van der Waals surface area contributed by atoms with Crippen molar-refractivity contribution >= 4 is 32.7 Å². The third kappa shape index (κ3) is 2.06. The number of rotatable bonds is 3. The van der Waals surface area contributed by atoms with Gasteiger partial charge < -0.3 is 15.2 Å². The highest BCUT2D eigenvalue weighted by atomic mass is 32.1. The molecular weight excluding hydrogens is 264 g/mol. The number of fused-ring (bicyclic) bond motifs is 1. The fourth-order valence-electron chi connectivity index (χ4n) is 2.17. The van der Waals surface area contributed by atoms with E-state index >= 15 is 0 Å². The summed E-state index contributed by atoms with van der Waals surface area (Å²) >= 11 is 1.53. The van der Waals surface area contributed by atoms with Gasteiger partial charge in [0.25, 0.3) is 0 Å². The van der Waals surface area contributed by atoms with E-state index in [9.17, 15) is 9.90 Å². The van der Waals surface area contributed by atoms with Crippen LogP contribution in [-0.4, -0.2) is 35.3 Å². The van der Waals surface area contributed by atoms with Crippen LogP contribution in [0.2, 0.25) is 0 Å². The summed E-state index contributed by atoms with van der Waals surface area (Å²) in [6.45, 7) is 2.32. The highest BCUT2D eigenvalue weighted by Crippen LogP contribution is 2.33. The third-order valence-electron chi connectivity index (χ3n) is 3.54. The van der Waals surface area contributed by atoms with Crippen LogP contribution < -0.4 is 5.32 Å². The van der Waals surface area contributed by atoms with E-state index in [2.05, 4.69) is 10.3 Å². The number of benzene rings is 1. The number of hydrogen-bond donors (Lipinski definition) is 2. The quantitative estimate of drug-likeness (QED) is 0.900. The fraction of sp³-hybridized carbons (Fsp3) is 0.385. The molecule has 0 bridgehead atoms. The Bertz CT molecular complexity index is 594. The highest BCUT2D eigenvalue weighted by molar-refractivity contribution is 7.22. The van der Waals surface area contributed by atoms with Crippen molar-refractivity contribution in [2.24, 2.45) is 5.41 Å². The van der Waals surface area contributed by atoms with Crippen LogP contribution in [0, 0.1) is 5.41 Å². The van der Waals surface area contributed by atoms with E-state index in [0.29, 0.717) is 6.61 Å². The van der Waals surface area contributed by atoms with Gasteiger partial charge in [-0.1, -0.05) is 23.5 Å². The second-order valence-electron chi connectivity index (χ2n) is 4.92. The molecule has 2 N–H and O–H groups in total. The van der Waals surface area contributed by atoms with Crippen LogP contribution in [0.4, 0.5) is 5.13 Å². The summed E-state index contributed by atoms with van der Waals surface area (Å²) in [5.41, 5.74) is 0.0173. The molecule has 100 valence electrons. The predicted octanol–water partition coefficient (Wildman–Crippen LogP) is 2.20. The number of carboxylic acid groups (broad SMARTS) is 1. The van der Waals surface area contributed by atoms with Gasteiger partial charge in [-0.2, -0.15) is 0 Å². The summed E-state index contributed by atoms with van der Waals surface area (Å²) in [5, 5.41) is 13.3. The molecule has 1 aliphatic rings. The van der Waals surface area contributed by atoms with Crippen molar-refractivity contribution in [3.63, 3.8) is 0 Å². The Balaban J connectivity index is 1.86. The van der Waals surface area contributed by atoms with Crippen LogP contribution in [0.25, 0.3) is 10.2 Å². The van der Waals surface area contributed by atoms with Crippen molar-refractivity contribution in [2.45, 2.75) is 13.0 Å². The normalized spacial score (nSPS) is 26.7. The number of carboxylic acids is 1. The molecule has 0 radical (unpaired) electrons. The second kappa shape index (κ2) is 4.47. The molecule has 19 heavy (non-hydrogen) atoms. The average molecular weight is 278 g/mol. The summed E-state index contributed by atoms with van der Waals surface area (Å²) in [6.07, 6.45) is 0. The summed E-state index contributed by atoms with van der Waals surface area (Å²) in [7, 11) is 0. The molecule has 2 heterocycles. The standard InChI is InChI=1S/C13H14N2O3S/c1-13(11(16)17)7-18-6-10(13)15-12-14-8-4-2-3-5-9(8)19-12/h2-5,10H,6-7H2,1H3,(H,14,15)(H,16,17). The molecule has 1 fully saturated rings. The highest BCUT2D eigenvalue weighted by Gasteiger charge is 2.47. The van der Waals surface area contributed by atoms with E-state index in [4.69, 9.17) is 4.74 Å². The van der Waals surface area contributed by atoms with E-state index < -0.39 is 11.4 Å². The van der Waals surface area contributed by atoms with Gasteiger partial charge in [0.2, 0.25) is 0 Å². The number of anilines is 1. The Morgan fingerprint density at radius 3 is 3.11 bits per heavy atom. The SMILES string of the molecule is CC1(C(=O)O)COCC1Nc1nc2ccccc2s1. The molecule has 1 saturated heterocycles. The number of nitrogens with one attached hydrogen (secondary N) is 1. The summed E-state index contributed by atoms with van der Waals surface area (Å²) < 4.78 is 6.40. The van der Waals surface area contributed by atoms with Gasteiger partial charge in [-0.25, -0.2) is 4.98 Å². The number of para-hydroxylation sites is 1. The third-order valence-corrected chi connectivity index (χ3v) is 4.50. The Morgan fingerprint density at radius 1 is 1.58 bits per heavy atom. The maximum absolute atomic E-state index is 11.4. The molecule has 2 atom stereocenters. The molecule has 0 saturated carbocycles. The van der Waals surface area contributed by atoms with E-state index in [1.165, 1.54) is 11.3 Å². The van der Waals surface area contributed by atoms with Crippen LogP contribution in [-0.2, 0) is 9.53 Å². The van der Waals surface area contributed by atoms with Gasteiger partial charge >= 0.3 is 5.97 Å². The first-order valence-electron chi connectivity index (χ1n) is 6.03. The molecule has 5 nitrogen and oxygen atoms in total. The minimum atomic E-state index is -0.905. The Labute approximate surface area is 114 Å². The smallest absolute Gasteiger partial charge is 0.313 e. The number of ether oxygens (including phenoxy) is 1. The number of hydrogen-bond acceptors (Lipinski definition) is 5. The molecule has 1 aromatic carbocycles. The van der Waals surface area contributed by atoms with Crippen LogP contribution >= 0.6 is 11.3 Å². The lowest BCUT2D eigenvalue weighted by atomic mass is 9.85. The zero-order valence-corrected chi connectivity index (χ0v) is 11.2. The van der Waals surface area contributed by atoms with E-state index in [1.807, 2.05) is 24.3 Å². The van der Waals surface area contributed by atoms with E-state index in [0.717, 1.165) is 15.3 Å². The Hall–Kier alpha value is -1.66. The molecule has 3 rings (SSSR count). The first kappa shape index (κ1) is 12.4. The van der Waals surface area contributed by atoms with Crippen molar-refractivity contribution in [1.29, 1.82) is 0 Å². The fourth-order valence-corrected chi connectivity index (χ4v) is 3.09. The molecule has 1 aromatic heterocycles. The van der Waals surface area contributed by atoms with Gasteiger partial charge in [-0.3, -0.25) is 4.79 Å². The molecule has 2 aromatic rings. The maximum atomic E-state index is 11.4. The number of aliphatic carboxylic acids is 1. The van der Waals surface area contributed by atoms with Crippen molar-refractivity contribution in [3.05, 3.63) is 24.3 Å². The van der Waals surface area contributed by atoms with Crippen molar-refractivity contribution in [2.75, 3.05) is 18.5 Å². The molecular formula is C13H14N2O3S. The lowest BCUT2D eigenvalue weighted by molar-refractivity contribution is -0.148. The topological polar surface area (TPSA) is 71.5 Å². The van der Waals surface area contributed by atoms with Crippen LogP contribution in [0.1, 0.15) is 6.92 Å². The lowest BCUT2D eigenvalue weighted by Gasteiger charge is -2.25. The number of aromatic nitrogens is 1. The van der Waals surface area contributed by atoms with Crippen molar-refractivity contribution in [3.8, 4) is 0 Å². The van der Waals surface area contributed by atoms with Gasteiger partial charge in [-0.15, -0.1) is 0 Å². The number of thiazole rings is 1. The van der Waals surface area contributed by atoms with Crippen molar-refractivity contribution in [1.82, 2.24) is 4.98 Å². The summed E-state index contributed by atoms with van der Waals surface area (Å²) in [4.78, 5) is 15.8. The van der Waals surface area contributed by atoms with Gasteiger partial charge in [0.15, 0.2) is 5.13 Å². The van der Waals surface area contributed by atoms with Gasteiger partial charge in [0.1, 0.15) is 5.41 Å². The van der Waals surface area contributed by atoms with Gasteiger partial charge in [0, 0.05) is 0 Å². The van der Waals surface area contributed by atoms with Gasteiger partial charge in [0.05, 0.1) is 29.5 Å². The average Bonchev–Trinajstić information content (AvgIpc) is 2.94.